The van der Waals surface area contributed by atoms with Gasteiger partial charge in [-0.2, -0.15) is 8.78 Å². The molecule has 0 spiro atoms. The van der Waals surface area contributed by atoms with Crippen molar-refractivity contribution in [3.05, 3.63) is 45.9 Å². The number of anilines is 1. The third kappa shape index (κ3) is 6.93. The van der Waals surface area contributed by atoms with Crippen LogP contribution in [0, 0.1) is 0 Å². The lowest BCUT2D eigenvalue weighted by molar-refractivity contribution is -0.153. The highest BCUT2D eigenvalue weighted by Gasteiger charge is 2.40. The molecule has 0 fully saturated rings. The Labute approximate surface area is 206 Å². The topological polar surface area (TPSA) is 154 Å². The van der Waals surface area contributed by atoms with Gasteiger partial charge in [0, 0.05) is 19.5 Å². The normalized spacial score (nSPS) is 12.1. The Morgan fingerprint density at radius 3 is 2.66 bits per heavy atom. The second-order valence-electron chi connectivity index (χ2n) is 7.16. The fourth-order valence-corrected chi connectivity index (χ4v) is 3.73. The predicted molar refractivity (Wildman–Crippen MR) is 123 cm³/mol. The van der Waals surface area contributed by atoms with Gasteiger partial charge in [0.1, 0.15) is 11.7 Å². The van der Waals surface area contributed by atoms with E-state index in [2.05, 4.69) is 25.3 Å². The number of alkyl halides is 2. The molecule has 3 heterocycles. The first-order valence-electron chi connectivity index (χ1n) is 10.0. The first-order valence-corrected chi connectivity index (χ1v) is 11.2. The van der Waals surface area contributed by atoms with E-state index in [9.17, 15) is 23.2 Å². The van der Waals surface area contributed by atoms with E-state index in [4.69, 9.17) is 17.3 Å². The van der Waals surface area contributed by atoms with Crippen LogP contribution in [0.25, 0.3) is 11.4 Å². The summed E-state index contributed by atoms with van der Waals surface area (Å²) in [5.74, 6) is -7.16. The summed E-state index contributed by atoms with van der Waals surface area (Å²) in [5, 5.41) is 11.9. The summed E-state index contributed by atoms with van der Waals surface area (Å²) in [6.07, 6.45) is 1.89. The minimum absolute atomic E-state index is 0.247. The summed E-state index contributed by atoms with van der Waals surface area (Å²) in [5.41, 5.74) is 6.82. The van der Waals surface area contributed by atoms with Gasteiger partial charge in [0.15, 0.2) is 0 Å². The van der Waals surface area contributed by atoms with Crippen molar-refractivity contribution < 1.29 is 27.9 Å². The molecule has 0 aliphatic heterocycles. The van der Waals surface area contributed by atoms with Gasteiger partial charge in [0.2, 0.25) is 0 Å². The lowest BCUT2D eigenvalue weighted by Gasteiger charge is -2.21. The number of methoxy groups -OCH3 is 1. The van der Waals surface area contributed by atoms with Crippen LogP contribution in [-0.2, 0) is 20.9 Å². The van der Waals surface area contributed by atoms with E-state index in [0.717, 1.165) is 23.1 Å². The van der Waals surface area contributed by atoms with E-state index in [1.807, 2.05) is 5.32 Å². The molecular weight excluding hydrogens is 508 g/mol. The lowest BCUT2D eigenvalue weighted by atomic mass is 10.2. The Balaban J connectivity index is 1.57. The standard InChI is InChI=1S/C20H20ClF2N7O4S/c1-34-18(32)13(9-26-17(31)15-4-5-16(21)35-15)27-19(33)20(22,23)6-7-30-10-14(28-29-30)12-3-2-11(24)8-25-12/h2-5,8,10,13H,6-7,9,24H2,1H3,(H,26,31)(H,27,33)/t13-/m0/s1. The van der Waals surface area contributed by atoms with Crippen molar-refractivity contribution in [2.45, 2.75) is 24.9 Å². The number of nitrogen functional groups attached to an aromatic ring is 1. The lowest BCUT2D eigenvalue weighted by Crippen LogP contribution is -2.53. The number of esters is 1. The van der Waals surface area contributed by atoms with Gasteiger partial charge in [-0.3, -0.25) is 19.3 Å². The number of carbonyl (C=O) groups is 3. The van der Waals surface area contributed by atoms with E-state index in [-0.39, 0.29) is 11.4 Å². The zero-order chi connectivity index (χ0) is 25.6. The number of hydrogen-bond donors (Lipinski definition) is 3. The minimum atomic E-state index is -3.86. The van der Waals surface area contributed by atoms with Gasteiger partial charge in [0.25, 0.3) is 11.8 Å². The van der Waals surface area contributed by atoms with E-state index >= 15 is 0 Å². The molecule has 4 N–H and O–H groups in total. The van der Waals surface area contributed by atoms with Crippen LogP contribution in [0.1, 0.15) is 16.1 Å². The van der Waals surface area contributed by atoms with Crippen molar-refractivity contribution in [1.29, 1.82) is 0 Å². The quantitative estimate of drug-likeness (QED) is 0.337. The number of carbonyl (C=O) groups excluding carboxylic acids is 3. The molecule has 15 heteroatoms. The SMILES string of the molecule is COC(=O)[C@H](CNC(=O)c1ccc(Cl)s1)NC(=O)C(F)(F)CCn1cc(-c2ccc(N)cn2)nn1. The molecule has 11 nitrogen and oxygen atoms in total. The molecule has 0 bridgehead atoms. The number of amides is 2. The van der Waals surface area contributed by atoms with Crippen LogP contribution in [0.5, 0.6) is 0 Å². The van der Waals surface area contributed by atoms with Crippen LogP contribution in [0.3, 0.4) is 0 Å². The highest BCUT2D eigenvalue weighted by molar-refractivity contribution is 7.18. The Hall–Kier alpha value is -3.65. The molecule has 0 aliphatic rings. The van der Waals surface area contributed by atoms with Crippen LogP contribution in [0.4, 0.5) is 14.5 Å². The number of hydrogen-bond acceptors (Lipinski definition) is 9. The number of ether oxygens (including phenoxy) is 1. The third-order valence-electron chi connectivity index (χ3n) is 4.63. The molecule has 0 aromatic carbocycles. The number of aryl methyl sites for hydroxylation is 1. The van der Waals surface area contributed by atoms with Crippen LogP contribution in [0.15, 0.2) is 36.7 Å². The molecule has 0 radical (unpaired) electrons. The van der Waals surface area contributed by atoms with Gasteiger partial charge < -0.3 is 21.1 Å². The Kier molecular flexibility index (Phi) is 8.30. The van der Waals surface area contributed by atoms with Gasteiger partial charge in [-0.1, -0.05) is 16.8 Å². The predicted octanol–water partition coefficient (Wildman–Crippen LogP) is 1.75. The molecule has 3 aromatic heterocycles. The first kappa shape index (κ1) is 26.0. The number of nitrogens with zero attached hydrogens (tertiary/aromatic N) is 4. The highest BCUT2D eigenvalue weighted by Crippen LogP contribution is 2.22. The van der Waals surface area contributed by atoms with E-state index < -0.39 is 42.7 Å². The summed E-state index contributed by atoms with van der Waals surface area (Å²) in [4.78, 5) is 40.7. The fourth-order valence-electron chi connectivity index (χ4n) is 2.77. The van der Waals surface area contributed by atoms with Crippen molar-refractivity contribution in [3.63, 3.8) is 0 Å². The molecule has 3 aromatic rings. The van der Waals surface area contributed by atoms with Crippen molar-refractivity contribution in [3.8, 4) is 11.4 Å². The molecular formula is C20H20ClF2N7O4S. The Morgan fingerprint density at radius 1 is 1.26 bits per heavy atom. The van der Waals surface area contributed by atoms with E-state index in [1.54, 1.807) is 12.1 Å². The van der Waals surface area contributed by atoms with Crippen molar-refractivity contribution in [1.82, 2.24) is 30.6 Å². The summed E-state index contributed by atoms with van der Waals surface area (Å²) in [7, 11) is 1.03. The number of nitrogens with two attached hydrogens (primary N) is 1. The number of rotatable bonds is 10. The number of aromatic nitrogens is 4. The second kappa shape index (κ2) is 11.2. The van der Waals surface area contributed by atoms with Crippen molar-refractivity contribution >= 4 is 46.4 Å². The van der Waals surface area contributed by atoms with E-state index in [1.165, 1.54) is 24.5 Å². The Bertz CT molecular complexity index is 1200. The maximum Gasteiger partial charge on any atom is 0.330 e. The maximum absolute atomic E-state index is 14.5. The molecule has 1 atom stereocenters. The molecule has 2 amide bonds. The van der Waals surface area contributed by atoms with Crippen LogP contribution in [0.2, 0.25) is 4.34 Å². The summed E-state index contributed by atoms with van der Waals surface area (Å²) in [6, 6.07) is 4.64. The molecule has 186 valence electrons. The van der Waals surface area contributed by atoms with Gasteiger partial charge in [-0.15, -0.1) is 16.4 Å². The smallest absolute Gasteiger partial charge is 0.330 e. The number of thiophene rings is 1. The highest BCUT2D eigenvalue weighted by atomic mass is 35.5. The molecule has 0 saturated carbocycles. The molecule has 35 heavy (non-hydrogen) atoms. The van der Waals surface area contributed by atoms with Gasteiger partial charge in [-0.05, 0) is 24.3 Å². The fraction of sp³-hybridized carbons (Fsp3) is 0.300. The summed E-state index contributed by atoms with van der Waals surface area (Å²) < 4.78 is 35.1. The van der Waals surface area contributed by atoms with Crippen LogP contribution in [-0.4, -0.2) is 63.4 Å². The van der Waals surface area contributed by atoms with Gasteiger partial charge in [0.05, 0.1) is 40.1 Å². The second-order valence-corrected chi connectivity index (χ2v) is 8.88. The molecule has 0 aliphatic carbocycles. The molecule has 3 rings (SSSR count). The maximum atomic E-state index is 14.5. The summed E-state index contributed by atoms with van der Waals surface area (Å²) >= 11 is 6.77. The zero-order valence-electron chi connectivity index (χ0n) is 18.2. The van der Waals surface area contributed by atoms with Crippen LogP contribution < -0.4 is 16.4 Å². The van der Waals surface area contributed by atoms with Gasteiger partial charge in [-0.25, -0.2) is 4.79 Å². The monoisotopic (exact) mass is 527 g/mol. The van der Waals surface area contributed by atoms with Crippen LogP contribution >= 0.6 is 22.9 Å². The Morgan fingerprint density at radius 2 is 2.03 bits per heavy atom. The van der Waals surface area contributed by atoms with Crippen molar-refractivity contribution in [2.24, 2.45) is 0 Å². The van der Waals surface area contributed by atoms with Gasteiger partial charge >= 0.3 is 11.9 Å². The summed E-state index contributed by atoms with van der Waals surface area (Å²) in [6.45, 7) is -0.814. The average molecular weight is 528 g/mol. The molecule has 0 saturated heterocycles. The first-order chi connectivity index (χ1) is 16.6. The zero-order valence-corrected chi connectivity index (χ0v) is 19.8. The average Bonchev–Trinajstić information content (AvgIpc) is 3.49. The van der Waals surface area contributed by atoms with Crippen molar-refractivity contribution in [2.75, 3.05) is 19.4 Å². The number of nitrogens with one attached hydrogen (secondary N) is 2. The minimum Gasteiger partial charge on any atom is -0.467 e. The molecule has 0 unspecified atom stereocenters. The third-order valence-corrected chi connectivity index (χ3v) is 5.86. The van der Waals surface area contributed by atoms with E-state index in [0.29, 0.717) is 21.4 Å². The number of halogens is 3. The number of pyridine rings is 1. The largest absolute Gasteiger partial charge is 0.467 e.